The molecule has 0 amide bonds. The van der Waals surface area contributed by atoms with Crippen LogP contribution < -0.4 is 18.9 Å². The summed E-state index contributed by atoms with van der Waals surface area (Å²) in [6, 6.07) is 11.3. The van der Waals surface area contributed by atoms with Crippen LogP contribution in [0.3, 0.4) is 0 Å². The quantitative estimate of drug-likeness (QED) is 0.742. The third-order valence-corrected chi connectivity index (χ3v) is 4.61. The standard InChI is InChI=1S/C21H24O6/c1-24-18-5-3-14(9-20(18)25-2)7-16(11-22)17(12-23)8-15-4-6-19-21(10-15)27-13-26-19/h3-6,8-10,16,22-23H,7,11-13H2,1-2H3/b17-8-/t16-/m0/s1. The van der Waals surface area contributed by atoms with Crippen LogP contribution in [0.5, 0.6) is 23.0 Å². The van der Waals surface area contributed by atoms with Gasteiger partial charge >= 0.3 is 0 Å². The van der Waals surface area contributed by atoms with E-state index >= 15 is 0 Å². The Morgan fingerprint density at radius 3 is 2.52 bits per heavy atom. The monoisotopic (exact) mass is 372 g/mol. The lowest BCUT2D eigenvalue weighted by molar-refractivity contribution is 0.174. The first kappa shape index (κ1) is 19.1. The molecule has 0 saturated carbocycles. The number of aliphatic hydroxyl groups is 2. The molecule has 144 valence electrons. The van der Waals surface area contributed by atoms with Gasteiger partial charge in [-0.25, -0.2) is 0 Å². The number of hydrogen-bond acceptors (Lipinski definition) is 6. The van der Waals surface area contributed by atoms with Gasteiger partial charge in [-0.3, -0.25) is 0 Å². The third kappa shape index (κ3) is 4.35. The van der Waals surface area contributed by atoms with E-state index in [-0.39, 0.29) is 25.9 Å². The molecule has 2 aromatic rings. The molecule has 6 nitrogen and oxygen atoms in total. The molecular weight excluding hydrogens is 348 g/mol. The Morgan fingerprint density at radius 1 is 1.04 bits per heavy atom. The fourth-order valence-corrected chi connectivity index (χ4v) is 3.11. The predicted octanol–water partition coefficient (Wildman–Crippen LogP) is 2.66. The van der Waals surface area contributed by atoms with Gasteiger partial charge < -0.3 is 29.2 Å². The molecule has 1 heterocycles. The molecule has 1 aliphatic heterocycles. The normalized spacial score (nSPS) is 14.1. The van der Waals surface area contributed by atoms with Gasteiger partial charge in [0.1, 0.15) is 0 Å². The summed E-state index contributed by atoms with van der Waals surface area (Å²) in [5.41, 5.74) is 2.61. The van der Waals surface area contributed by atoms with Gasteiger partial charge in [-0.1, -0.05) is 18.2 Å². The van der Waals surface area contributed by atoms with Crippen LogP contribution in [-0.2, 0) is 6.42 Å². The van der Waals surface area contributed by atoms with Crippen molar-refractivity contribution in [2.75, 3.05) is 34.2 Å². The van der Waals surface area contributed by atoms with Crippen molar-refractivity contribution in [3.63, 3.8) is 0 Å². The Bertz CT molecular complexity index is 814. The van der Waals surface area contributed by atoms with Crippen LogP contribution in [0.4, 0.5) is 0 Å². The SMILES string of the molecule is COc1ccc(C[C@@H](CO)/C(=C\c2ccc3c(c2)OCO3)CO)cc1OC. The Kier molecular flexibility index (Phi) is 6.21. The molecule has 0 spiro atoms. The van der Waals surface area contributed by atoms with E-state index in [2.05, 4.69) is 0 Å². The van der Waals surface area contributed by atoms with Crippen LogP contribution in [0.15, 0.2) is 42.0 Å². The van der Waals surface area contributed by atoms with Gasteiger partial charge in [-0.15, -0.1) is 0 Å². The molecule has 27 heavy (non-hydrogen) atoms. The fourth-order valence-electron chi connectivity index (χ4n) is 3.11. The molecule has 0 aliphatic carbocycles. The van der Waals surface area contributed by atoms with Crippen molar-refractivity contribution in [1.82, 2.24) is 0 Å². The van der Waals surface area contributed by atoms with Gasteiger partial charge in [0.05, 0.1) is 27.4 Å². The van der Waals surface area contributed by atoms with Gasteiger partial charge in [-0.2, -0.15) is 0 Å². The summed E-state index contributed by atoms with van der Waals surface area (Å²) in [4.78, 5) is 0. The Morgan fingerprint density at radius 2 is 1.81 bits per heavy atom. The zero-order chi connectivity index (χ0) is 19.2. The van der Waals surface area contributed by atoms with Crippen LogP contribution >= 0.6 is 0 Å². The maximum Gasteiger partial charge on any atom is 0.231 e. The average molecular weight is 372 g/mol. The summed E-state index contributed by atoms with van der Waals surface area (Å²) >= 11 is 0. The summed E-state index contributed by atoms with van der Waals surface area (Å²) in [6.45, 7) is -0.00776. The highest BCUT2D eigenvalue weighted by Gasteiger charge is 2.17. The first-order valence-electron chi connectivity index (χ1n) is 8.71. The van der Waals surface area contributed by atoms with E-state index in [1.54, 1.807) is 14.2 Å². The first-order valence-corrected chi connectivity index (χ1v) is 8.71. The number of rotatable bonds is 8. The molecule has 1 aliphatic rings. The molecular formula is C21H24O6. The second-order valence-corrected chi connectivity index (χ2v) is 6.26. The molecule has 2 aromatic carbocycles. The summed E-state index contributed by atoms with van der Waals surface area (Å²) in [6.07, 6.45) is 2.44. The van der Waals surface area contributed by atoms with Crippen molar-refractivity contribution in [3.8, 4) is 23.0 Å². The van der Waals surface area contributed by atoms with Crippen molar-refractivity contribution < 1.29 is 29.2 Å². The third-order valence-electron chi connectivity index (χ3n) is 4.61. The number of ether oxygens (including phenoxy) is 4. The minimum absolute atomic E-state index is 0.0781. The van der Waals surface area contributed by atoms with Crippen molar-refractivity contribution >= 4 is 6.08 Å². The molecule has 1 atom stereocenters. The van der Waals surface area contributed by atoms with Gasteiger partial charge in [0.15, 0.2) is 23.0 Å². The predicted molar refractivity (Wildman–Crippen MR) is 101 cm³/mol. The molecule has 6 heteroatoms. The average Bonchev–Trinajstić information content (AvgIpc) is 3.18. The molecule has 0 fully saturated rings. The Balaban J connectivity index is 1.82. The lowest BCUT2D eigenvalue weighted by atomic mass is 9.91. The van der Waals surface area contributed by atoms with Crippen LogP contribution in [0.2, 0.25) is 0 Å². The minimum atomic E-state index is -0.224. The van der Waals surface area contributed by atoms with Crippen molar-refractivity contribution in [2.24, 2.45) is 5.92 Å². The van der Waals surface area contributed by atoms with Gasteiger partial charge in [0, 0.05) is 5.92 Å². The maximum absolute atomic E-state index is 9.90. The van der Waals surface area contributed by atoms with E-state index in [1.807, 2.05) is 42.5 Å². The van der Waals surface area contributed by atoms with Gasteiger partial charge in [-0.05, 0) is 47.4 Å². The smallest absolute Gasteiger partial charge is 0.231 e. The molecule has 0 bridgehead atoms. The van der Waals surface area contributed by atoms with Crippen molar-refractivity contribution in [1.29, 1.82) is 0 Å². The van der Waals surface area contributed by atoms with Crippen molar-refractivity contribution in [3.05, 3.63) is 53.1 Å². The molecule has 0 unspecified atom stereocenters. The second kappa shape index (κ2) is 8.79. The highest BCUT2D eigenvalue weighted by molar-refractivity contribution is 5.59. The molecule has 2 N–H and O–H groups in total. The van der Waals surface area contributed by atoms with E-state index in [0.29, 0.717) is 29.4 Å². The topological polar surface area (TPSA) is 77.4 Å². The fraction of sp³-hybridized carbons (Fsp3) is 0.333. The molecule has 0 radical (unpaired) electrons. The zero-order valence-corrected chi connectivity index (χ0v) is 15.5. The van der Waals surface area contributed by atoms with E-state index in [1.165, 1.54) is 0 Å². The number of methoxy groups -OCH3 is 2. The Hall–Kier alpha value is -2.70. The van der Waals surface area contributed by atoms with Crippen LogP contribution in [0, 0.1) is 5.92 Å². The summed E-state index contributed by atoms with van der Waals surface area (Å²) < 4.78 is 21.3. The van der Waals surface area contributed by atoms with Crippen LogP contribution in [0.1, 0.15) is 11.1 Å². The Labute approximate surface area is 158 Å². The van der Waals surface area contributed by atoms with Crippen LogP contribution in [-0.4, -0.2) is 44.4 Å². The highest BCUT2D eigenvalue weighted by atomic mass is 16.7. The van der Waals surface area contributed by atoms with E-state index in [0.717, 1.165) is 16.7 Å². The number of aliphatic hydroxyl groups excluding tert-OH is 2. The first-order chi connectivity index (χ1) is 13.2. The molecule has 3 rings (SSSR count). The van der Waals surface area contributed by atoms with E-state index in [4.69, 9.17) is 18.9 Å². The summed E-state index contributed by atoms with van der Waals surface area (Å²) in [5, 5.41) is 19.8. The summed E-state index contributed by atoms with van der Waals surface area (Å²) in [7, 11) is 3.18. The van der Waals surface area contributed by atoms with E-state index in [9.17, 15) is 10.2 Å². The van der Waals surface area contributed by atoms with Crippen LogP contribution in [0.25, 0.3) is 6.08 Å². The van der Waals surface area contributed by atoms with E-state index < -0.39 is 0 Å². The maximum atomic E-state index is 9.90. The second-order valence-electron chi connectivity index (χ2n) is 6.26. The number of hydrogen-bond donors (Lipinski definition) is 2. The van der Waals surface area contributed by atoms with Gasteiger partial charge in [0.2, 0.25) is 6.79 Å². The largest absolute Gasteiger partial charge is 0.493 e. The minimum Gasteiger partial charge on any atom is -0.493 e. The highest BCUT2D eigenvalue weighted by Crippen LogP contribution is 2.34. The number of benzene rings is 2. The lowest BCUT2D eigenvalue weighted by Gasteiger charge is -2.18. The summed E-state index contributed by atoms with van der Waals surface area (Å²) in [5.74, 6) is 2.46. The van der Waals surface area contributed by atoms with Gasteiger partial charge in [0.25, 0.3) is 0 Å². The molecule has 0 aromatic heterocycles. The molecule has 0 saturated heterocycles. The number of fused-ring (bicyclic) bond motifs is 1. The van der Waals surface area contributed by atoms with Crippen molar-refractivity contribution in [2.45, 2.75) is 6.42 Å². The lowest BCUT2D eigenvalue weighted by Crippen LogP contribution is -2.15. The zero-order valence-electron chi connectivity index (χ0n) is 15.5.